The molecule has 1 N–H and O–H groups in total. The monoisotopic (exact) mass is 292 g/mol. The first-order chi connectivity index (χ1) is 10.1. The number of hydrogen-bond acceptors (Lipinski definition) is 2. The van der Waals surface area contributed by atoms with Crippen molar-refractivity contribution < 1.29 is 4.39 Å². The Morgan fingerprint density at radius 1 is 1.33 bits per heavy atom. The van der Waals surface area contributed by atoms with E-state index in [2.05, 4.69) is 31.1 Å². The van der Waals surface area contributed by atoms with Gasteiger partial charge in [-0.2, -0.15) is 0 Å². The highest BCUT2D eigenvalue weighted by Crippen LogP contribution is 2.29. The van der Waals surface area contributed by atoms with Gasteiger partial charge < -0.3 is 5.32 Å². The normalized spacial score (nSPS) is 24.2. The molecule has 2 nitrogen and oxygen atoms in total. The number of benzene rings is 1. The van der Waals surface area contributed by atoms with Crippen molar-refractivity contribution in [3.8, 4) is 0 Å². The highest BCUT2D eigenvalue weighted by atomic mass is 19.1. The van der Waals surface area contributed by atoms with Gasteiger partial charge in [-0.3, -0.25) is 4.90 Å². The maximum absolute atomic E-state index is 14.0. The summed E-state index contributed by atoms with van der Waals surface area (Å²) in [4.78, 5) is 2.36. The van der Waals surface area contributed by atoms with Gasteiger partial charge in [0.05, 0.1) is 0 Å². The van der Waals surface area contributed by atoms with Crippen LogP contribution in [-0.2, 0) is 0 Å². The zero-order chi connectivity index (χ0) is 15.2. The number of nitrogens with one attached hydrogen (secondary N) is 1. The third-order valence-corrected chi connectivity index (χ3v) is 4.87. The van der Waals surface area contributed by atoms with Crippen LogP contribution in [0.25, 0.3) is 0 Å². The zero-order valence-corrected chi connectivity index (χ0v) is 13.6. The van der Waals surface area contributed by atoms with E-state index in [1.54, 1.807) is 12.1 Å². The molecule has 2 rings (SSSR count). The summed E-state index contributed by atoms with van der Waals surface area (Å²) in [7, 11) is 2.14. The van der Waals surface area contributed by atoms with E-state index >= 15 is 0 Å². The summed E-state index contributed by atoms with van der Waals surface area (Å²) in [6, 6.07) is 8.45. The Balaban J connectivity index is 1.98. The molecule has 1 aliphatic carbocycles. The summed E-state index contributed by atoms with van der Waals surface area (Å²) < 4.78 is 14.0. The maximum Gasteiger partial charge on any atom is 0.127 e. The number of rotatable bonds is 6. The second-order valence-electron chi connectivity index (χ2n) is 6.33. The van der Waals surface area contributed by atoms with Crippen LogP contribution in [0.2, 0.25) is 0 Å². The molecule has 3 unspecified atom stereocenters. The molecule has 21 heavy (non-hydrogen) atoms. The van der Waals surface area contributed by atoms with E-state index in [1.807, 2.05) is 12.1 Å². The van der Waals surface area contributed by atoms with Gasteiger partial charge in [0.1, 0.15) is 5.82 Å². The van der Waals surface area contributed by atoms with Gasteiger partial charge in [0.25, 0.3) is 0 Å². The summed E-state index contributed by atoms with van der Waals surface area (Å²) in [6.45, 7) is 5.42. The van der Waals surface area contributed by atoms with Gasteiger partial charge in [-0.25, -0.2) is 4.39 Å². The van der Waals surface area contributed by atoms with Crippen LogP contribution in [0.5, 0.6) is 0 Å². The van der Waals surface area contributed by atoms with Gasteiger partial charge in [-0.1, -0.05) is 31.5 Å². The minimum atomic E-state index is -0.0895. The number of nitrogens with zero attached hydrogens (tertiary/aromatic N) is 1. The zero-order valence-electron chi connectivity index (χ0n) is 13.6. The molecule has 1 fully saturated rings. The van der Waals surface area contributed by atoms with Crippen molar-refractivity contribution in [2.24, 2.45) is 0 Å². The van der Waals surface area contributed by atoms with Crippen molar-refractivity contribution in [1.82, 2.24) is 10.2 Å². The molecule has 1 aromatic carbocycles. The predicted molar refractivity (Wildman–Crippen MR) is 86.9 cm³/mol. The smallest absolute Gasteiger partial charge is 0.127 e. The van der Waals surface area contributed by atoms with Crippen molar-refractivity contribution >= 4 is 0 Å². The van der Waals surface area contributed by atoms with Crippen LogP contribution in [0, 0.1) is 5.82 Å². The van der Waals surface area contributed by atoms with Crippen LogP contribution in [0.1, 0.15) is 57.6 Å². The highest BCUT2D eigenvalue weighted by molar-refractivity contribution is 5.20. The van der Waals surface area contributed by atoms with Crippen LogP contribution in [0.3, 0.4) is 0 Å². The lowest BCUT2D eigenvalue weighted by molar-refractivity contribution is 0.129. The molecule has 1 aromatic rings. The molecule has 3 atom stereocenters. The van der Waals surface area contributed by atoms with Crippen molar-refractivity contribution in [2.45, 2.75) is 64.1 Å². The van der Waals surface area contributed by atoms with E-state index in [0.717, 1.165) is 12.1 Å². The Bertz CT molecular complexity index is 435. The summed E-state index contributed by atoms with van der Waals surface area (Å²) in [5.41, 5.74) is 0.809. The third kappa shape index (κ3) is 4.27. The maximum atomic E-state index is 14.0. The fourth-order valence-corrected chi connectivity index (χ4v) is 3.42. The third-order valence-electron chi connectivity index (χ3n) is 4.87. The molecule has 1 aliphatic rings. The van der Waals surface area contributed by atoms with E-state index in [4.69, 9.17) is 0 Å². The molecule has 0 aliphatic heterocycles. The largest absolute Gasteiger partial charge is 0.314 e. The predicted octanol–water partition coefficient (Wildman–Crippen LogP) is 4.13. The highest BCUT2D eigenvalue weighted by Gasteiger charge is 2.28. The molecule has 0 saturated heterocycles. The summed E-state index contributed by atoms with van der Waals surface area (Å²) in [6.07, 6.45) is 6.12. The first kappa shape index (κ1) is 16.4. The van der Waals surface area contributed by atoms with Crippen LogP contribution >= 0.6 is 0 Å². The first-order valence-electron chi connectivity index (χ1n) is 8.33. The molecule has 0 spiro atoms. The van der Waals surface area contributed by atoms with Gasteiger partial charge in [0, 0.05) is 23.7 Å². The fourth-order valence-electron chi connectivity index (χ4n) is 3.42. The minimum absolute atomic E-state index is 0.0895. The van der Waals surface area contributed by atoms with Crippen molar-refractivity contribution in [1.29, 1.82) is 0 Å². The average Bonchev–Trinajstić information content (AvgIpc) is 2.52. The number of hydrogen-bond donors (Lipinski definition) is 1. The van der Waals surface area contributed by atoms with Crippen LogP contribution in [0.15, 0.2) is 24.3 Å². The van der Waals surface area contributed by atoms with Gasteiger partial charge in [-0.15, -0.1) is 0 Å². The fraction of sp³-hybridized carbons (Fsp3) is 0.667. The van der Waals surface area contributed by atoms with E-state index in [0.29, 0.717) is 12.1 Å². The van der Waals surface area contributed by atoms with E-state index < -0.39 is 0 Å². The van der Waals surface area contributed by atoms with Crippen LogP contribution < -0.4 is 5.32 Å². The van der Waals surface area contributed by atoms with E-state index in [1.165, 1.54) is 32.1 Å². The first-order valence-corrected chi connectivity index (χ1v) is 8.33. The molecule has 0 bridgehead atoms. The Morgan fingerprint density at radius 3 is 2.81 bits per heavy atom. The minimum Gasteiger partial charge on any atom is -0.314 e. The summed E-state index contributed by atoms with van der Waals surface area (Å²) in [5.74, 6) is -0.0895. The molecule has 0 amide bonds. The second kappa shape index (κ2) is 7.90. The van der Waals surface area contributed by atoms with E-state index in [9.17, 15) is 4.39 Å². The van der Waals surface area contributed by atoms with Crippen molar-refractivity contribution in [2.75, 3.05) is 13.6 Å². The SMILES string of the molecule is CCCNC1CCCC(N(C)C(C)c2ccccc2F)C1. The summed E-state index contributed by atoms with van der Waals surface area (Å²) in [5, 5.41) is 3.65. The molecule has 0 radical (unpaired) electrons. The van der Waals surface area contributed by atoms with Crippen LogP contribution in [-0.4, -0.2) is 30.6 Å². The average molecular weight is 292 g/mol. The Morgan fingerprint density at radius 2 is 2.10 bits per heavy atom. The molecule has 1 saturated carbocycles. The molecule has 0 heterocycles. The molecule has 118 valence electrons. The van der Waals surface area contributed by atoms with Crippen molar-refractivity contribution in [3.05, 3.63) is 35.6 Å². The van der Waals surface area contributed by atoms with Gasteiger partial charge in [0.2, 0.25) is 0 Å². The van der Waals surface area contributed by atoms with E-state index in [-0.39, 0.29) is 11.9 Å². The molecular weight excluding hydrogens is 263 g/mol. The summed E-state index contributed by atoms with van der Waals surface area (Å²) >= 11 is 0. The molecule has 0 aromatic heterocycles. The lowest BCUT2D eigenvalue weighted by Gasteiger charge is -2.39. The second-order valence-corrected chi connectivity index (χ2v) is 6.33. The Labute approximate surface area is 128 Å². The Hall–Kier alpha value is -0.930. The molecular formula is C18H29FN2. The quantitative estimate of drug-likeness (QED) is 0.848. The standard InChI is InChI=1S/C18H29FN2/c1-4-12-20-15-8-7-9-16(13-15)21(3)14(2)17-10-5-6-11-18(17)19/h5-6,10-11,14-16,20H,4,7-9,12-13H2,1-3H3. The van der Waals surface area contributed by atoms with Gasteiger partial charge in [-0.05, 0) is 52.3 Å². The van der Waals surface area contributed by atoms with Gasteiger partial charge >= 0.3 is 0 Å². The number of halogens is 1. The molecule has 3 heteroatoms. The lowest BCUT2D eigenvalue weighted by atomic mass is 9.89. The Kier molecular flexibility index (Phi) is 6.19. The topological polar surface area (TPSA) is 15.3 Å². The van der Waals surface area contributed by atoms with Gasteiger partial charge in [0.15, 0.2) is 0 Å². The lowest BCUT2D eigenvalue weighted by Crippen LogP contribution is -2.44. The van der Waals surface area contributed by atoms with Crippen LogP contribution in [0.4, 0.5) is 4.39 Å². The van der Waals surface area contributed by atoms with Crippen molar-refractivity contribution in [3.63, 3.8) is 0 Å².